The fourth-order valence-corrected chi connectivity index (χ4v) is 4.35. The lowest BCUT2D eigenvalue weighted by Crippen LogP contribution is -2.18. The van der Waals surface area contributed by atoms with Crippen LogP contribution in [0, 0.1) is 11.8 Å². The van der Waals surface area contributed by atoms with Crippen LogP contribution >= 0.6 is 23.1 Å². The van der Waals surface area contributed by atoms with Crippen LogP contribution in [0.25, 0.3) is 0 Å². The average molecular weight is 285 g/mol. The molecule has 2 unspecified atom stereocenters. The van der Waals surface area contributed by atoms with E-state index in [1.165, 1.54) is 11.3 Å². The molecule has 1 aromatic heterocycles. The number of amides is 1. The van der Waals surface area contributed by atoms with Crippen molar-refractivity contribution in [2.24, 2.45) is 17.6 Å². The average Bonchev–Trinajstić information content (AvgIpc) is 2.80. The molecular formula is C12H19N3OS2. The maximum Gasteiger partial charge on any atom is 0.261 e. The quantitative estimate of drug-likeness (QED) is 0.835. The first-order valence-corrected chi connectivity index (χ1v) is 8.00. The van der Waals surface area contributed by atoms with Gasteiger partial charge in [-0.3, -0.25) is 4.79 Å². The van der Waals surface area contributed by atoms with Crippen molar-refractivity contribution in [3.8, 4) is 0 Å². The van der Waals surface area contributed by atoms with E-state index in [4.69, 9.17) is 11.5 Å². The number of hydrogen-bond acceptors (Lipinski definition) is 5. The molecule has 0 spiro atoms. The number of carbonyl (C=O) groups is 1. The van der Waals surface area contributed by atoms with Crippen LogP contribution < -0.4 is 16.4 Å². The van der Waals surface area contributed by atoms with Crippen LogP contribution in [0.5, 0.6) is 0 Å². The Balaban J connectivity index is 2.39. The van der Waals surface area contributed by atoms with E-state index in [0.29, 0.717) is 22.4 Å². The second-order valence-corrected chi connectivity index (χ2v) is 6.72. The summed E-state index contributed by atoms with van der Waals surface area (Å²) >= 11 is 3.01. The van der Waals surface area contributed by atoms with Gasteiger partial charge < -0.3 is 16.4 Å². The molecule has 6 heteroatoms. The highest BCUT2D eigenvalue weighted by Gasteiger charge is 2.30. The van der Waals surface area contributed by atoms with Gasteiger partial charge in [-0.05, 0) is 18.1 Å². The first kappa shape index (κ1) is 13.5. The zero-order chi connectivity index (χ0) is 13.4. The van der Waals surface area contributed by atoms with E-state index in [2.05, 4.69) is 18.7 Å². The van der Waals surface area contributed by atoms with E-state index < -0.39 is 5.91 Å². The third-order valence-electron chi connectivity index (χ3n) is 3.59. The minimum absolute atomic E-state index is 0.431. The maximum atomic E-state index is 11.4. The smallest absolute Gasteiger partial charge is 0.261 e. The van der Waals surface area contributed by atoms with Crippen LogP contribution in [0.1, 0.15) is 23.5 Å². The molecule has 1 aliphatic heterocycles. The molecule has 0 bridgehead atoms. The fourth-order valence-electron chi connectivity index (χ4n) is 2.30. The summed E-state index contributed by atoms with van der Waals surface area (Å²) in [5.74, 6) is 0.902. The predicted molar refractivity (Wildman–Crippen MR) is 79.6 cm³/mol. The molecule has 0 saturated carbocycles. The number of hydrogen-bond donors (Lipinski definition) is 2. The summed E-state index contributed by atoms with van der Waals surface area (Å²) in [7, 11) is 0. The van der Waals surface area contributed by atoms with Crippen molar-refractivity contribution in [1.29, 1.82) is 0 Å². The Labute approximate surface area is 116 Å². The summed E-state index contributed by atoms with van der Waals surface area (Å²) in [6.07, 6.45) is 1.98. The molecule has 1 aromatic rings. The highest BCUT2D eigenvalue weighted by Crippen LogP contribution is 2.45. The van der Waals surface area contributed by atoms with Crippen LogP contribution in [0.15, 0.2) is 4.90 Å². The zero-order valence-electron chi connectivity index (χ0n) is 10.9. The Morgan fingerprint density at radius 1 is 1.39 bits per heavy atom. The molecule has 2 rings (SSSR count). The van der Waals surface area contributed by atoms with Crippen molar-refractivity contribution in [3.63, 3.8) is 0 Å². The minimum atomic E-state index is -0.431. The number of carbonyl (C=O) groups excluding carboxylic acids is 1. The molecule has 4 N–H and O–H groups in total. The van der Waals surface area contributed by atoms with Gasteiger partial charge in [0.05, 0.1) is 10.6 Å². The van der Waals surface area contributed by atoms with Crippen LogP contribution in [-0.4, -0.2) is 25.3 Å². The Hall–Kier alpha value is -0.880. The van der Waals surface area contributed by atoms with Crippen molar-refractivity contribution in [2.75, 3.05) is 30.0 Å². The third kappa shape index (κ3) is 2.19. The van der Waals surface area contributed by atoms with Crippen molar-refractivity contribution in [2.45, 2.75) is 18.7 Å². The molecule has 18 heavy (non-hydrogen) atoms. The van der Waals surface area contributed by atoms with Crippen molar-refractivity contribution >= 4 is 39.7 Å². The maximum absolute atomic E-state index is 11.4. The molecule has 0 radical (unpaired) electrons. The molecule has 1 aliphatic rings. The third-order valence-corrected chi connectivity index (χ3v) is 5.82. The number of thiophene rings is 1. The summed E-state index contributed by atoms with van der Waals surface area (Å²) in [4.78, 5) is 15.2. The van der Waals surface area contributed by atoms with Gasteiger partial charge in [-0.15, -0.1) is 23.1 Å². The van der Waals surface area contributed by atoms with Gasteiger partial charge in [-0.25, -0.2) is 0 Å². The summed E-state index contributed by atoms with van der Waals surface area (Å²) in [5, 5.41) is 1.10. The molecule has 0 aromatic carbocycles. The van der Waals surface area contributed by atoms with E-state index in [-0.39, 0.29) is 0 Å². The lowest BCUT2D eigenvalue weighted by Gasteiger charge is -2.17. The van der Waals surface area contributed by atoms with Gasteiger partial charge >= 0.3 is 0 Å². The van der Waals surface area contributed by atoms with Gasteiger partial charge in [-0.2, -0.15) is 0 Å². The lowest BCUT2D eigenvalue weighted by atomic mass is 10.0. The first-order valence-electron chi connectivity index (χ1n) is 5.96. The fraction of sp³-hybridized carbons (Fsp3) is 0.583. The largest absolute Gasteiger partial charge is 0.396 e. The van der Waals surface area contributed by atoms with Crippen LogP contribution in [0.2, 0.25) is 0 Å². The van der Waals surface area contributed by atoms with E-state index in [0.717, 1.165) is 23.0 Å². The highest BCUT2D eigenvalue weighted by molar-refractivity contribution is 7.99. The monoisotopic (exact) mass is 285 g/mol. The standard InChI is InChI=1S/C12H19N3OS2/c1-6-4-15(5-7(6)2)12-10(17-3)8(13)9(18-12)11(14)16/h6-7H,4-5,13H2,1-3H3,(H2,14,16). The van der Waals surface area contributed by atoms with Gasteiger partial charge in [0.15, 0.2) is 0 Å². The molecule has 1 fully saturated rings. The highest BCUT2D eigenvalue weighted by atomic mass is 32.2. The summed E-state index contributed by atoms with van der Waals surface area (Å²) < 4.78 is 0. The van der Waals surface area contributed by atoms with Crippen molar-refractivity contribution < 1.29 is 4.79 Å². The van der Waals surface area contributed by atoms with Gasteiger partial charge in [0.2, 0.25) is 0 Å². The number of anilines is 2. The molecular weight excluding hydrogens is 266 g/mol. The van der Waals surface area contributed by atoms with Gasteiger partial charge in [0.25, 0.3) is 5.91 Å². The number of primary amides is 1. The number of nitrogens with two attached hydrogens (primary N) is 2. The number of thioether (sulfide) groups is 1. The first-order chi connectivity index (χ1) is 8.45. The summed E-state index contributed by atoms with van der Waals surface area (Å²) in [5.41, 5.74) is 11.9. The second-order valence-electron chi connectivity index (χ2n) is 4.91. The van der Waals surface area contributed by atoms with E-state index in [9.17, 15) is 4.79 Å². The number of nitrogens with zero attached hydrogens (tertiary/aromatic N) is 1. The Morgan fingerprint density at radius 2 is 1.94 bits per heavy atom. The topological polar surface area (TPSA) is 72.3 Å². The molecule has 2 heterocycles. The van der Waals surface area contributed by atoms with E-state index in [1.807, 2.05) is 6.26 Å². The normalized spacial score (nSPS) is 23.6. The molecule has 4 nitrogen and oxygen atoms in total. The SMILES string of the molecule is CSc1c(N2CC(C)C(C)C2)sc(C(N)=O)c1N. The Bertz CT molecular complexity index is 462. The lowest BCUT2D eigenvalue weighted by molar-refractivity contribution is 0.100. The van der Waals surface area contributed by atoms with Crippen LogP contribution in [0.4, 0.5) is 10.7 Å². The Kier molecular flexibility index (Phi) is 3.77. The van der Waals surface area contributed by atoms with Crippen molar-refractivity contribution in [1.82, 2.24) is 0 Å². The number of nitrogen functional groups attached to an aromatic ring is 1. The van der Waals surface area contributed by atoms with Gasteiger partial charge in [0.1, 0.15) is 9.88 Å². The van der Waals surface area contributed by atoms with E-state index >= 15 is 0 Å². The van der Waals surface area contributed by atoms with Gasteiger partial charge in [0, 0.05) is 13.1 Å². The molecule has 100 valence electrons. The molecule has 2 atom stereocenters. The second kappa shape index (κ2) is 5.01. The molecule has 1 amide bonds. The van der Waals surface area contributed by atoms with Crippen LogP contribution in [0.3, 0.4) is 0 Å². The predicted octanol–water partition coefficient (Wildman–Crippen LogP) is 2.24. The van der Waals surface area contributed by atoms with Crippen LogP contribution in [-0.2, 0) is 0 Å². The minimum Gasteiger partial charge on any atom is -0.396 e. The van der Waals surface area contributed by atoms with E-state index in [1.54, 1.807) is 11.8 Å². The Morgan fingerprint density at radius 3 is 2.39 bits per heavy atom. The number of rotatable bonds is 3. The summed E-state index contributed by atoms with van der Waals surface area (Å²) in [6, 6.07) is 0. The summed E-state index contributed by atoms with van der Waals surface area (Å²) in [6.45, 7) is 6.56. The van der Waals surface area contributed by atoms with Gasteiger partial charge in [-0.1, -0.05) is 13.8 Å². The molecule has 0 aliphatic carbocycles. The van der Waals surface area contributed by atoms with Crippen molar-refractivity contribution in [3.05, 3.63) is 4.88 Å². The zero-order valence-corrected chi connectivity index (χ0v) is 12.5. The molecule has 1 saturated heterocycles.